The average Bonchev–Trinajstić information content (AvgIpc) is 2.54. The zero-order valence-electron chi connectivity index (χ0n) is 12.6. The van der Waals surface area contributed by atoms with Crippen LogP contribution in [0.2, 0.25) is 0 Å². The van der Waals surface area contributed by atoms with Gasteiger partial charge in [0.15, 0.2) is 0 Å². The van der Waals surface area contributed by atoms with E-state index in [0.29, 0.717) is 0 Å². The van der Waals surface area contributed by atoms with Crippen LogP contribution in [-0.4, -0.2) is 16.0 Å². The molecule has 0 radical (unpaired) electrons. The van der Waals surface area contributed by atoms with Gasteiger partial charge in [0.05, 0.1) is 4.75 Å². The molecule has 0 saturated carbocycles. The Hall–Kier alpha value is -2.13. The van der Waals surface area contributed by atoms with Crippen LogP contribution in [0, 0.1) is 0 Å². The monoisotopic (exact) mass is 307 g/mol. The van der Waals surface area contributed by atoms with Crippen LogP contribution in [0.4, 0.5) is 0 Å². The highest BCUT2D eigenvalue weighted by atomic mass is 32.2. The van der Waals surface area contributed by atoms with Crippen LogP contribution >= 0.6 is 11.8 Å². The molecule has 1 heterocycles. The summed E-state index contributed by atoms with van der Waals surface area (Å²) in [5, 5.41) is 2.42. The van der Waals surface area contributed by atoms with E-state index in [4.69, 9.17) is 0 Å². The van der Waals surface area contributed by atoms with Crippen LogP contribution in [0.5, 0.6) is 0 Å². The number of carbonyl (C=O) groups excluding carboxylic acids is 1. The summed E-state index contributed by atoms with van der Waals surface area (Å²) >= 11 is 1.56. The minimum Gasteiger partial charge on any atom is -0.302 e. The maximum absolute atomic E-state index is 11.2. The van der Waals surface area contributed by atoms with E-state index in [1.165, 1.54) is 10.8 Å². The topological polar surface area (TPSA) is 30.0 Å². The van der Waals surface area contributed by atoms with Gasteiger partial charge in [0.2, 0.25) is 0 Å². The zero-order valence-corrected chi connectivity index (χ0v) is 13.4. The van der Waals surface area contributed by atoms with E-state index in [-0.39, 0.29) is 0 Å². The lowest BCUT2D eigenvalue weighted by atomic mass is 10.0. The SMILES string of the molecule is CC(C)(C=O)Sc1ccncc1-c1ccc2ccccc2c1. The lowest BCUT2D eigenvalue weighted by Crippen LogP contribution is -2.15. The number of nitrogens with zero attached hydrogens (tertiary/aromatic N) is 1. The molecule has 3 aromatic rings. The molecule has 0 bridgehead atoms. The first-order chi connectivity index (χ1) is 10.6. The molecule has 22 heavy (non-hydrogen) atoms. The van der Waals surface area contributed by atoms with Crippen molar-refractivity contribution in [2.45, 2.75) is 23.5 Å². The Bertz CT molecular complexity index is 826. The highest BCUT2D eigenvalue weighted by Gasteiger charge is 2.20. The van der Waals surface area contributed by atoms with Crippen LogP contribution in [0.3, 0.4) is 0 Å². The third-order valence-electron chi connectivity index (χ3n) is 3.50. The van der Waals surface area contributed by atoms with Crippen LogP contribution in [0.15, 0.2) is 65.8 Å². The minimum absolute atomic E-state index is 0.451. The third-order valence-corrected chi connectivity index (χ3v) is 4.70. The number of rotatable bonds is 4. The molecule has 0 fully saturated rings. The highest BCUT2D eigenvalue weighted by Crippen LogP contribution is 2.38. The van der Waals surface area contributed by atoms with Crippen molar-refractivity contribution in [3.63, 3.8) is 0 Å². The van der Waals surface area contributed by atoms with Gasteiger partial charge in [-0.05, 0) is 42.3 Å². The van der Waals surface area contributed by atoms with Crippen molar-refractivity contribution in [2.75, 3.05) is 0 Å². The maximum Gasteiger partial charge on any atom is 0.135 e. The summed E-state index contributed by atoms with van der Waals surface area (Å²) in [7, 11) is 0. The van der Waals surface area contributed by atoms with Crippen molar-refractivity contribution < 1.29 is 4.79 Å². The second-order valence-electron chi connectivity index (χ2n) is 5.76. The standard InChI is InChI=1S/C19H17NOS/c1-19(2,13-21)22-18-9-10-20-12-17(18)16-8-7-14-5-3-4-6-15(14)11-16/h3-13H,1-2H3. The Labute approximate surface area is 134 Å². The van der Waals surface area contributed by atoms with E-state index in [1.54, 1.807) is 18.0 Å². The van der Waals surface area contributed by atoms with Gasteiger partial charge in [0, 0.05) is 22.9 Å². The molecular formula is C19H17NOS. The number of hydrogen-bond acceptors (Lipinski definition) is 3. The molecule has 0 saturated heterocycles. The molecule has 2 aromatic carbocycles. The van der Waals surface area contributed by atoms with Crippen LogP contribution in [-0.2, 0) is 4.79 Å². The molecule has 0 aliphatic carbocycles. The Balaban J connectivity index is 2.08. The number of fused-ring (bicyclic) bond motifs is 1. The molecule has 0 unspecified atom stereocenters. The van der Waals surface area contributed by atoms with Crippen LogP contribution < -0.4 is 0 Å². The second kappa shape index (κ2) is 5.93. The Morgan fingerprint density at radius 3 is 2.59 bits per heavy atom. The fourth-order valence-corrected chi connectivity index (χ4v) is 3.38. The molecule has 0 amide bonds. The van der Waals surface area contributed by atoms with Crippen molar-refractivity contribution in [2.24, 2.45) is 0 Å². The van der Waals surface area contributed by atoms with Crippen LogP contribution in [0.25, 0.3) is 21.9 Å². The number of aldehydes is 1. The molecule has 3 heteroatoms. The third kappa shape index (κ3) is 3.04. The number of aromatic nitrogens is 1. The summed E-state index contributed by atoms with van der Waals surface area (Å²) in [6.07, 6.45) is 4.63. The predicted molar refractivity (Wildman–Crippen MR) is 93.2 cm³/mol. The maximum atomic E-state index is 11.2. The summed E-state index contributed by atoms with van der Waals surface area (Å²) in [5.74, 6) is 0. The van der Waals surface area contributed by atoms with Gasteiger partial charge < -0.3 is 4.79 Å². The summed E-state index contributed by atoms with van der Waals surface area (Å²) in [4.78, 5) is 16.5. The van der Waals surface area contributed by atoms with E-state index < -0.39 is 4.75 Å². The van der Waals surface area contributed by atoms with Crippen molar-refractivity contribution in [1.82, 2.24) is 4.98 Å². The Kier molecular flexibility index (Phi) is 3.99. The van der Waals surface area contributed by atoms with Gasteiger partial charge in [-0.1, -0.05) is 36.4 Å². The smallest absolute Gasteiger partial charge is 0.135 e. The highest BCUT2D eigenvalue weighted by molar-refractivity contribution is 8.01. The normalized spacial score (nSPS) is 11.5. The number of pyridine rings is 1. The van der Waals surface area contributed by atoms with Gasteiger partial charge in [-0.3, -0.25) is 4.98 Å². The predicted octanol–water partition coefficient (Wildman–Crippen LogP) is 4.97. The van der Waals surface area contributed by atoms with Gasteiger partial charge in [-0.2, -0.15) is 0 Å². The quantitative estimate of drug-likeness (QED) is 0.503. The lowest BCUT2D eigenvalue weighted by molar-refractivity contribution is -0.109. The first-order valence-electron chi connectivity index (χ1n) is 7.18. The molecule has 0 atom stereocenters. The van der Waals surface area contributed by atoms with Crippen molar-refractivity contribution in [3.05, 3.63) is 60.9 Å². The summed E-state index contributed by atoms with van der Waals surface area (Å²) in [6, 6.07) is 16.7. The first-order valence-corrected chi connectivity index (χ1v) is 7.99. The molecule has 110 valence electrons. The molecular weight excluding hydrogens is 290 g/mol. The zero-order chi connectivity index (χ0) is 15.6. The molecule has 0 spiro atoms. The van der Waals surface area contributed by atoms with E-state index in [9.17, 15) is 4.79 Å². The fourth-order valence-electron chi connectivity index (χ4n) is 2.35. The number of carbonyl (C=O) groups is 1. The molecule has 1 aromatic heterocycles. The Morgan fingerprint density at radius 1 is 1.05 bits per heavy atom. The fraction of sp³-hybridized carbons (Fsp3) is 0.158. The Morgan fingerprint density at radius 2 is 1.82 bits per heavy atom. The number of hydrogen-bond donors (Lipinski definition) is 0. The molecule has 0 aliphatic rings. The summed E-state index contributed by atoms with van der Waals surface area (Å²) in [6.45, 7) is 3.85. The van der Waals surface area contributed by atoms with E-state index in [0.717, 1.165) is 22.3 Å². The number of benzene rings is 2. The van der Waals surface area contributed by atoms with Gasteiger partial charge in [0.1, 0.15) is 6.29 Å². The van der Waals surface area contributed by atoms with Crippen molar-refractivity contribution in [1.29, 1.82) is 0 Å². The van der Waals surface area contributed by atoms with Gasteiger partial charge in [0.25, 0.3) is 0 Å². The minimum atomic E-state index is -0.451. The largest absolute Gasteiger partial charge is 0.302 e. The van der Waals surface area contributed by atoms with Crippen molar-refractivity contribution in [3.8, 4) is 11.1 Å². The summed E-state index contributed by atoms with van der Waals surface area (Å²) in [5.41, 5.74) is 2.18. The van der Waals surface area contributed by atoms with E-state index in [1.807, 2.05) is 38.2 Å². The first kappa shape index (κ1) is 14.8. The summed E-state index contributed by atoms with van der Waals surface area (Å²) < 4.78 is -0.451. The molecule has 0 N–H and O–H groups in total. The average molecular weight is 307 g/mol. The van der Waals surface area contributed by atoms with Crippen LogP contribution in [0.1, 0.15) is 13.8 Å². The molecule has 0 aliphatic heterocycles. The van der Waals surface area contributed by atoms with Gasteiger partial charge in [-0.25, -0.2) is 0 Å². The van der Waals surface area contributed by atoms with Gasteiger partial charge >= 0.3 is 0 Å². The molecule has 3 rings (SSSR count). The molecule has 2 nitrogen and oxygen atoms in total. The van der Waals surface area contributed by atoms with E-state index in [2.05, 4.69) is 35.3 Å². The van der Waals surface area contributed by atoms with Crippen molar-refractivity contribution >= 4 is 28.8 Å². The van der Waals surface area contributed by atoms with Gasteiger partial charge in [-0.15, -0.1) is 11.8 Å². The van der Waals surface area contributed by atoms with E-state index >= 15 is 0 Å². The second-order valence-corrected chi connectivity index (χ2v) is 7.45. The number of thioether (sulfide) groups is 1. The lowest BCUT2D eigenvalue weighted by Gasteiger charge is -2.18.